The maximum Gasteiger partial charge on any atom is 1.00 e. The fourth-order valence-corrected chi connectivity index (χ4v) is 4.02. The molecule has 4 rings (SSSR count). The van der Waals surface area contributed by atoms with Crippen molar-refractivity contribution in [3.05, 3.63) is 0 Å². The van der Waals surface area contributed by atoms with Gasteiger partial charge in [0, 0.05) is 13.0 Å². The first-order valence-corrected chi connectivity index (χ1v) is 9.01. The number of hydrogen-bond donors (Lipinski definition) is 2. The standard InChI is InChI=1S/C9H14O2.C9H16O.Al.Li.4H/c10-9(11)5-8(6-1-2-6)7-3-4-7;10-6-5-9(7-1-2-7)8-3-4-8;;;;;;/h6-8H,1-5H2,(H,10,11);7-10H,1-6H2;;;;;;/q;;;+1;;;;-1. The zero-order valence-corrected chi connectivity index (χ0v) is 14.0. The Hall–Kier alpha value is 0.560. The number of rotatable bonds is 8. The minimum absolute atomic E-state index is 0. The van der Waals surface area contributed by atoms with Crippen LogP contribution in [0, 0.1) is 35.5 Å². The van der Waals surface area contributed by atoms with E-state index in [1.807, 2.05) is 0 Å². The molecule has 4 aliphatic rings. The third-order valence-corrected chi connectivity index (χ3v) is 5.78. The number of aliphatic hydroxyl groups excluding tert-OH is 1. The average molecular weight is 332 g/mol. The van der Waals surface area contributed by atoms with E-state index in [4.69, 9.17) is 10.2 Å². The van der Waals surface area contributed by atoms with E-state index in [0.717, 1.165) is 36.0 Å². The molecule has 0 saturated heterocycles. The molecule has 5 heteroatoms. The molecule has 128 valence electrons. The molecule has 0 aromatic heterocycles. The Morgan fingerprint density at radius 2 is 1.22 bits per heavy atom. The van der Waals surface area contributed by atoms with E-state index in [-0.39, 0.29) is 37.6 Å². The van der Waals surface area contributed by atoms with Crippen molar-refractivity contribution in [1.29, 1.82) is 0 Å². The minimum Gasteiger partial charge on any atom is -1.00 e. The molecule has 0 amide bonds. The van der Waals surface area contributed by atoms with E-state index in [1.54, 1.807) is 0 Å². The Labute approximate surface area is 164 Å². The summed E-state index contributed by atoms with van der Waals surface area (Å²) in [4.78, 5) is 10.5. The monoisotopic (exact) mass is 332 g/mol. The minimum atomic E-state index is -0.603. The predicted octanol–water partition coefficient (Wildman–Crippen LogP) is -0.365. The first-order valence-electron chi connectivity index (χ1n) is 9.01. The smallest absolute Gasteiger partial charge is 1.00 e. The third-order valence-electron chi connectivity index (χ3n) is 5.78. The Kier molecular flexibility index (Phi) is 9.29. The topological polar surface area (TPSA) is 57.5 Å². The molecule has 23 heavy (non-hydrogen) atoms. The van der Waals surface area contributed by atoms with Crippen molar-refractivity contribution in [3.8, 4) is 0 Å². The number of carboxylic acid groups (broad SMARTS) is 1. The molecule has 0 spiro atoms. The van der Waals surface area contributed by atoms with Gasteiger partial charge in [-0.3, -0.25) is 4.79 Å². The second kappa shape index (κ2) is 9.89. The van der Waals surface area contributed by atoms with E-state index in [9.17, 15) is 4.79 Å². The fourth-order valence-electron chi connectivity index (χ4n) is 4.02. The van der Waals surface area contributed by atoms with Gasteiger partial charge in [-0.2, -0.15) is 0 Å². The Bertz CT molecular complexity index is 345. The van der Waals surface area contributed by atoms with Crippen molar-refractivity contribution >= 4 is 23.3 Å². The Morgan fingerprint density at radius 3 is 1.48 bits per heavy atom. The van der Waals surface area contributed by atoms with Gasteiger partial charge >= 0.3 is 24.8 Å². The van der Waals surface area contributed by atoms with E-state index >= 15 is 0 Å². The van der Waals surface area contributed by atoms with Crippen LogP contribution in [0.25, 0.3) is 0 Å². The van der Waals surface area contributed by atoms with Crippen LogP contribution < -0.4 is 18.9 Å². The van der Waals surface area contributed by atoms with Crippen LogP contribution in [-0.2, 0) is 4.79 Å². The van der Waals surface area contributed by atoms with Gasteiger partial charge in [-0.1, -0.05) is 0 Å². The van der Waals surface area contributed by atoms with Gasteiger partial charge in [-0.05, 0) is 93.3 Å². The Morgan fingerprint density at radius 1 is 0.870 bits per heavy atom. The largest absolute Gasteiger partial charge is 1.00 e. The summed E-state index contributed by atoms with van der Waals surface area (Å²) in [6.07, 6.45) is 12.4. The zero-order chi connectivity index (χ0) is 14.8. The second-order valence-electron chi connectivity index (χ2n) is 7.79. The molecule has 2 N–H and O–H groups in total. The molecular weight excluding hydrogens is 298 g/mol. The summed E-state index contributed by atoms with van der Waals surface area (Å²) in [5.74, 6) is 4.42. The quantitative estimate of drug-likeness (QED) is 0.597. The van der Waals surface area contributed by atoms with Crippen LogP contribution in [-0.4, -0.2) is 40.2 Å². The third kappa shape index (κ3) is 7.54. The molecule has 4 aliphatic carbocycles. The fraction of sp³-hybridized carbons (Fsp3) is 0.944. The summed E-state index contributed by atoms with van der Waals surface area (Å²) in [6.45, 7) is 0.414. The average Bonchev–Trinajstić information content (AvgIpc) is 3.29. The van der Waals surface area contributed by atoms with Crippen molar-refractivity contribution in [1.82, 2.24) is 0 Å². The van der Waals surface area contributed by atoms with Gasteiger partial charge in [0.15, 0.2) is 17.4 Å². The molecule has 4 saturated carbocycles. The molecule has 0 radical (unpaired) electrons. The molecule has 0 bridgehead atoms. The van der Waals surface area contributed by atoms with E-state index in [2.05, 4.69) is 0 Å². The van der Waals surface area contributed by atoms with Gasteiger partial charge in [-0.15, -0.1) is 0 Å². The van der Waals surface area contributed by atoms with E-state index in [0.29, 0.717) is 18.9 Å². The van der Waals surface area contributed by atoms with Gasteiger partial charge in [-0.25, -0.2) is 0 Å². The molecule has 0 heterocycles. The van der Waals surface area contributed by atoms with Crippen LogP contribution in [0.3, 0.4) is 0 Å². The Balaban J connectivity index is 0.000000393. The van der Waals surface area contributed by atoms with Crippen LogP contribution >= 0.6 is 0 Å². The summed E-state index contributed by atoms with van der Waals surface area (Å²) >= 11 is 0. The molecule has 0 aliphatic heterocycles. The van der Waals surface area contributed by atoms with Crippen molar-refractivity contribution in [3.63, 3.8) is 0 Å². The van der Waals surface area contributed by atoms with Crippen molar-refractivity contribution in [2.75, 3.05) is 6.61 Å². The van der Waals surface area contributed by atoms with Gasteiger partial charge in [0.05, 0.1) is 0 Å². The van der Waals surface area contributed by atoms with Crippen LogP contribution in [0.1, 0.15) is 65.6 Å². The van der Waals surface area contributed by atoms with E-state index in [1.165, 1.54) is 51.4 Å². The molecule has 3 nitrogen and oxygen atoms in total. The van der Waals surface area contributed by atoms with Gasteiger partial charge in [0.2, 0.25) is 0 Å². The van der Waals surface area contributed by atoms with Crippen LogP contribution in [0.5, 0.6) is 0 Å². The summed E-state index contributed by atoms with van der Waals surface area (Å²) in [5.41, 5.74) is 0. The van der Waals surface area contributed by atoms with Crippen LogP contribution in [0.15, 0.2) is 0 Å². The predicted molar refractivity (Wildman–Crippen MR) is 92.9 cm³/mol. The maximum atomic E-state index is 10.5. The summed E-state index contributed by atoms with van der Waals surface area (Å²) in [7, 11) is 0. The molecule has 0 unspecified atom stereocenters. The van der Waals surface area contributed by atoms with E-state index < -0.39 is 5.97 Å². The first-order chi connectivity index (χ1) is 10.2. The molecule has 0 aromatic carbocycles. The number of aliphatic hydroxyl groups is 1. The number of carboxylic acids is 1. The van der Waals surface area contributed by atoms with Crippen LogP contribution in [0.4, 0.5) is 0 Å². The van der Waals surface area contributed by atoms with Crippen LogP contribution in [0.2, 0.25) is 0 Å². The molecule has 0 aromatic rings. The summed E-state index contributed by atoms with van der Waals surface area (Å²) < 4.78 is 0. The number of carbonyl (C=O) groups is 1. The maximum absolute atomic E-state index is 10.5. The number of hydrogen-bond acceptors (Lipinski definition) is 2. The summed E-state index contributed by atoms with van der Waals surface area (Å²) in [5, 5.41) is 17.4. The molecular formula is C18H34AlLiO3. The van der Waals surface area contributed by atoms with Crippen molar-refractivity contribution in [2.45, 2.75) is 64.2 Å². The van der Waals surface area contributed by atoms with Crippen molar-refractivity contribution < 1.29 is 35.3 Å². The summed E-state index contributed by atoms with van der Waals surface area (Å²) in [6, 6.07) is 0. The normalized spacial score (nSPS) is 22.7. The first kappa shape index (κ1) is 21.6. The molecule has 4 fully saturated rings. The zero-order valence-electron chi connectivity index (χ0n) is 15.0. The second-order valence-corrected chi connectivity index (χ2v) is 7.79. The molecule has 0 atom stereocenters. The van der Waals surface area contributed by atoms with Crippen molar-refractivity contribution in [2.24, 2.45) is 35.5 Å². The van der Waals surface area contributed by atoms with Gasteiger partial charge in [0.1, 0.15) is 0 Å². The van der Waals surface area contributed by atoms with Gasteiger partial charge in [0.25, 0.3) is 0 Å². The SMILES string of the molecule is O=C(O)CC(C1CC1)C1CC1.OCCC(C1CC1)C1CC1.[AlH3].[H-].[Li+]. The van der Waals surface area contributed by atoms with Gasteiger partial charge < -0.3 is 11.6 Å². The number of aliphatic carboxylic acids is 1.